The second-order valence-corrected chi connectivity index (χ2v) is 12.1. The molecule has 0 spiro atoms. The molecule has 0 fully saturated rings. The topological polar surface area (TPSA) is 86.8 Å². The lowest BCUT2D eigenvalue weighted by atomic mass is 10.1. The van der Waals surface area contributed by atoms with Crippen LogP contribution in [-0.4, -0.2) is 49.5 Å². The third-order valence-corrected chi connectivity index (χ3v) is 7.21. The number of aryl methyl sites for hydroxylation is 1. The van der Waals surface area contributed by atoms with Gasteiger partial charge in [-0.15, -0.1) is 0 Å². The summed E-state index contributed by atoms with van der Waals surface area (Å²) in [7, 11) is -3.81. The number of carbonyl (C=O) groups is 2. The van der Waals surface area contributed by atoms with Gasteiger partial charge in [0, 0.05) is 27.7 Å². The Balaban J connectivity index is 2.51. The van der Waals surface area contributed by atoms with Crippen LogP contribution in [0.25, 0.3) is 0 Å². The van der Waals surface area contributed by atoms with Gasteiger partial charge in [-0.3, -0.25) is 13.9 Å². The minimum absolute atomic E-state index is 0.0664. The van der Waals surface area contributed by atoms with Crippen molar-refractivity contribution in [3.63, 3.8) is 0 Å². The number of rotatable bonds is 9. The molecule has 2 aromatic rings. The number of nitrogens with one attached hydrogen (secondary N) is 1. The van der Waals surface area contributed by atoms with E-state index >= 15 is 0 Å². The summed E-state index contributed by atoms with van der Waals surface area (Å²) in [6.45, 7) is 8.46. The molecule has 7 nitrogen and oxygen atoms in total. The minimum atomic E-state index is -3.81. The fraction of sp³-hybridized carbons (Fsp3) is 0.440. The molecule has 0 heterocycles. The molecule has 0 saturated heterocycles. The van der Waals surface area contributed by atoms with Gasteiger partial charge >= 0.3 is 0 Å². The highest BCUT2D eigenvalue weighted by atomic mass is 35.5. The molecular weight excluding hydrogens is 509 g/mol. The van der Waals surface area contributed by atoms with Gasteiger partial charge in [-0.1, -0.05) is 54.4 Å². The first-order valence-electron chi connectivity index (χ1n) is 11.3. The second-order valence-electron chi connectivity index (χ2n) is 9.39. The molecule has 0 unspecified atom stereocenters. The number of amides is 2. The van der Waals surface area contributed by atoms with Crippen LogP contribution in [0.3, 0.4) is 0 Å². The van der Waals surface area contributed by atoms with E-state index in [0.717, 1.165) is 16.1 Å². The maximum atomic E-state index is 13.7. The number of benzene rings is 2. The van der Waals surface area contributed by atoms with Gasteiger partial charge in [0.1, 0.15) is 12.6 Å². The summed E-state index contributed by atoms with van der Waals surface area (Å²) >= 11 is 12.7. The Bertz CT molecular complexity index is 1160. The van der Waals surface area contributed by atoms with Gasteiger partial charge in [0.05, 0.1) is 11.9 Å². The number of nitrogens with zero attached hydrogens (tertiary/aromatic N) is 2. The summed E-state index contributed by atoms with van der Waals surface area (Å²) in [5, 5.41) is 3.56. The number of hydrogen-bond donors (Lipinski definition) is 1. The predicted octanol–water partition coefficient (Wildman–Crippen LogP) is 4.65. The molecule has 192 valence electrons. The van der Waals surface area contributed by atoms with Crippen LogP contribution in [0.15, 0.2) is 42.5 Å². The highest BCUT2D eigenvalue weighted by Gasteiger charge is 2.32. The molecule has 0 saturated carbocycles. The van der Waals surface area contributed by atoms with Crippen molar-refractivity contribution in [1.82, 2.24) is 10.2 Å². The van der Waals surface area contributed by atoms with Gasteiger partial charge in [-0.05, 0) is 57.9 Å². The van der Waals surface area contributed by atoms with Crippen molar-refractivity contribution in [3.05, 3.63) is 63.6 Å². The number of hydrogen-bond acceptors (Lipinski definition) is 4. The SMILES string of the molecule is CCc1ccccc1N(CC(=O)N(Cc1c(Cl)cccc1Cl)[C@H](C)C(=O)NC(C)(C)C)S(C)(=O)=O. The summed E-state index contributed by atoms with van der Waals surface area (Å²) in [4.78, 5) is 28.0. The molecule has 0 radical (unpaired) electrons. The van der Waals surface area contributed by atoms with Gasteiger partial charge in [0.25, 0.3) is 0 Å². The van der Waals surface area contributed by atoms with Crippen LogP contribution in [0.4, 0.5) is 5.69 Å². The largest absolute Gasteiger partial charge is 0.350 e. The highest BCUT2D eigenvalue weighted by molar-refractivity contribution is 7.92. The Hall–Kier alpha value is -2.29. The Morgan fingerprint density at radius 3 is 2.11 bits per heavy atom. The van der Waals surface area contributed by atoms with Crippen LogP contribution in [-0.2, 0) is 32.6 Å². The standard InChI is InChI=1S/C25H33Cl2N3O4S/c1-7-18-11-8-9-14-22(18)30(35(6,33)34)16-23(31)29(17(2)24(32)28-25(3,4)5)15-19-20(26)12-10-13-21(19)27/h8-14,17H,7,15-16H2,1-6H3,(H,28,32)/t17-/m1/s1. The lowest BCUT2D eigenvalue weighted by Gasteiger charge is -2.33. The zero-order valence-electron chi connectivity index (χ0n) is 20.9. The molecule has 2 aromatic carbocycles. The van der Waals surface area contributed by atoms with Crippen molar-refractivity contribution in [2.75, 3.05) is 17.1 Å². The molecule has 35 heavy (non-hydrogen) atoms. The number of para-hydroxylation sites is 1. The fourth-order valence-electron chi connectivity index (χ4n) is 3.56. The summed E-state index contributed by atoms with van der Waals surface area (Å²) in [6, 6.07) is 11.1. The van der Waals surface area contributed by atoms with Crippen molar-refractivity contribution >= 4 is 50.7 Å². The molecule has 1 N–H and O–H groups in total. The highest BCUT2D eigenvalue weighted by Crippen LogP contribution is 2.28. The smallest absolute Gasteiger partial charge is 0.244 e. The molecule has 1 atom stereocenters. The molecule has 0 bridgehead atoms. The summed E-state index contributed by atoms with van der Waals surface area (Å²) in [5.74, 6) is -0.942. The van der Waals surface area contributed by atoms with E-state index < -0.39 is 34.1 Å². The maximum Gasteiger partial charge on any atom is 0.244 e. The summed E-state index contributed by atoms with van der Waals surface area (Å²) < 4.78 is 26.6. The number of anilines is 1. The molecule has 10 heteroatoms. The van der Waals surface area contributed by atoms with Crippen molar-refractivity contribution < 1.29 is 18.0 Å². The zero-order valence-corrected chi connectivity index (χ0v) is 23.3. The zero-order chi connectivity index (χ0) is 26.6. The first kappa shape index (κ1) is 28.9. The van der Waals surface area contributed by atoms with E-state index in [-0.39, 0.29) is 12.5 Å². The molecule has 0 aliphatic carbocycles. The average Bonchev–Trinajstić information content (AvgIpc) is 2.74. The number of sulfonamides is 1. The third kappa shape index (κ3) is 7.85. The van der Waals surface area contributed by atoms with E-state index in [1.54, 1.807) is 37.3 Å². The fourth-order valence-corrected chi connectivity index (χ4v) is 4.96. The first-order chi connectivity index (χ1) is 16.2. The van der Waals surface area contributed by atoms with Crippen molar-refractivity contribution in [2.45, 2.75) is 59.2 Å². The first-order valence-corrected chi connectivity index (χ1v) is 13.9. The lowest BCUT2D eigenvalue weighted by molar-refractivity contribution is -0.140. The summed E-state index contributed by atoms with van der Waals surface area (Å²) in [6.07, 6.45) is 1.64. The third-order valence-electron chi connectivity index (χ3n) is 5.38. The minimum Gasteiger partial charge on any atom is -0.350 e. The van der Waals surface area contributed by atoms with Crippen LogP contribution < -0.4 is 9.62 Å². The van der Waals surface area contributed by atoms with Crippen molar-refractivity contribution in [1.29, 1.82) is 0 Å². The van der Waals surface area contributed by atoms with E-state index in [0.29, 0.717) is 27.7 Å². The van der Waals surface area contributed by atoms with E-state index in [2.05, 4.69) is 5.32 Å². The molecule has 2 amide bonds. The quantitative estimate of drug-likeness (QED) is 0.500. The van der Waals surface area contributed by atoms with Gasteiger partial charge in [-0.25, -0.2) is 8.42 Å². The van der Waals surface area contributed by atoms with Gasteiger partial charge in [0.2, 0.25) is 21.8 Å². The molecule has 2 rings (SSSR count). The van der Waals surface area contributed by atoms with E-state index in [1.165, 1.54) is 4.90 Å². The van der Waals surface area contributed by atoms with Gasteiger partial charge in [0.15, 0.2) is 0 Å². The normalized spacial score (nSPS) is 12.7. The molecular formula is C25H33Cl2N3O4S. The predicted molar refractivity (Wildman–Crippen MR) is 142 cm³/mol. The molecule has 0 aliphatic rings. The van der Waals surface area contributed by atoms with Crippen LogP contribution >= 0.6 is 23.2 Å². The summed E-state index contributed by atoms with van der Waals surface area (Å²) in [5.41, 5.74) is 1.15. The van der Waals surface area contributed by atoms with Crippen LogP contribution in [0, 0.1) is 0 Å². The van der Waals surface area contributed by atoms with Gasteiger partial charge < -0.3 is 10.2 Å². The van der Waals surface area contributed by atoms with Crippen LogP contribution in [0.5, 0.6) is 0 Å². The maximum absolute atomic E-state index is 13.7. The van der Waals surface area contributed by atoms with Crippen LogP contribution in [0.1, 0.15) is 45.7 Å². The number of carbonyl (C=O) groups excluding carboxylic acids is 2. The van der Waals surface area contributed by atoms with E-state index in [4.69, 9.17) is 23.2 Å². The van der Waals surface area contributed by atoms with Crippen LogP contribution in [0.2, 0.25) is 10.0 Å². The Labute approximate surface area is 218 Å². The van der Waals surface area contributed by atoms with Gasteiger partial charge in [-0.2, -0.15) is 0 Å². The Kier molecular flexibility index (Phi) is 9.62. The van der Waals surface area contributed by atoms with Crippen molar-refractivity contribution in [3.8, 4) is 0 Å². The number of halogens is 2. The lowest BCUT2D eigenvalue weighted by Crippen LogP contribution is -2.54. The monoisotopic (exact) mass is 541 g/mol. The Morgan fingerprint density at radius 1 is 1.03 bits per heavy atom. The molecule has 0 aromatic heterocycles. The Morgan fingerprint density at radius 2 is 1.60 bits per heavy atom. The van der Waals surface area contributed by atoms with E-state index in [1.807, 2.05) is 39.8 Å². The average molecular weight is 543 g/mol. The van der Waals surface area contributed by atoms with Crippen molar-refractivity contribution in [2.24, 2.45) is 0 Å². The van der Waals surface area contributed by atoms with E-state index in [9.17, 15) is 18.0 Å². The second kappa shape index (κ2) is 11.6. The molecule has 0 aliphatic heterocycles.